The number of likely N-dealkylation sites (tertiary alicyclic amines) is 1. The molecule has 100 valence electrons. The molecule has 0 spiro atoms. The zero-order valence-corrected chi connectivity index (χ0v) is 11.9. The average molecular weight is 241 g/mol. The van der Waals surface area contributed by atoms with Crippen molar-refractivity contribution in [1.82, 2.24) is 15.1 Å². The number of hydrogen-bond donors (Lipinski definition) is 1. The van der Waals surface area contributed by atoms with Gasteiger partial charge in [0.15, 0.2) is 0 Å². The Morgan fingerprint density at radius 3 is 2.71 bits per heavy atom. The van der Waals surface area contributed by atoms with Gasteiger partial charge >= 0.3 is 0 Å². The Morgan fingerprint density at radius 2 is 2.18 bits per heavy atom. The molecule has 0 aromatic heterocycles. The van der Waals surface area contributed by atoms with Crippen molar-refractivity contribution < 1.29 is 4.79 Å². The fraction of sp³-hybridized carbons (Fsp3) is 0.923. The Balaban J connectivity index is 2.33. The highest BCUT2D eigenvalue weighted by molar-refractivity contribution is 5.78. The SMILES string of the molecule is CC1CN(C)CCC1NCC(=O)N(C)C(C)C. The van der Waals surface area contributed by atoms with Crippen molar-refractivity contribution in [2.24, 2.45) is 5.92 Å². The Kier molecular flexibility index (Phi) is 5.40. The van der Waals surface area contributed by atoms with Gasteiger partial charge in [-0.15, -0.1) is 0 Å². The quantitative estimate of drug-likeness (QED) is 0.790. The number of piperidine rings is 1. The zero-order valence-electron chi connectivity index (χ0n) is 11.9. The Morgan fingerprint density at radius 1 is 1.53 bits per heavy atom. The van der Waals surface area contributed by atoms with E-state index in [2.05, 4.69) is 24.2 Å². The minimum absolute atomic E-state index is 0.186. The number of carbonyl (C=O) groups excluding carboxylic acids is 1. The van der Waals surface area contributed by atoms with Crippen LogP contribution < -0.4 is 5.32 Å². The maximum absolute atomic E-state index is 11.9. The van der Waals surface area contributed by atoms with Gasteiger partial charge in [-0.3, -0.25) is 4.79 Å². The molecule has 4 heteroatoms. The molecule has 1 heterocycles. The number of hydrogen-bond acceptors (Lipinski definition) is 3. The van der Waals surface area contributed by atoms with Crippen molar-refractivity contribution >= 4 is 5.91 Å². The van der Waals surface area contributed by atoms with Crippen LogP contribution in [-0.4, -0.2) is 61.5 Å². The minimum Gasteiger partial charge on any atom is -0.342 e. The van der Waals surface area contributed by atoms with Crippen molar-refractivity contribution in [3.8, 4) is 0 Å². The van der Waals surface area contributed by atoms with Crippen molar-refractivity contribution in [1.29, 1.82) is 0 Å². The second-order valence-corrected chi connectivity index (χ2v) is 5.61. The lowest BCUT2D eigenvalue weighted by molar-refractivity contribution is -0.130. The van der Waals surface area contributed by atoms with E-state index < -0.39 is 0 Å². The fourth-order valence-electron chi connectivity index (χ4n) is 2.29. The molecular formula is C13H27N3O. The molecule has 2 unspecified atom stereocenters. The van der Waals surface area contributed by atoms with Gasteiger partial charge in [-0.05, 0) is 39.8 Å². The summed E-state index contributed by atoms with van der Waals surface area (Å²) in [6.07, 6.45) is 1.14. The van der Waals surface area contributed by atoms with E-state index in [0.29, 0.717) is 18.5 Å². The van der Waals surface area contributed by atoms with Gasteiger partial charge in [0, 0.05) is 25.7 Å². The molecule has 1 aliphatic heterocycles. The van der Waals surface area contributed by atoms with Crippen LogP contribution in [0.25, 0.3) is 0 Å². The van der Waals surface area contributed by atoms with Gasteiger partial charge in [-0.2, -0.15) is 0 Å². The molecule has 0 aliphatic carbocycles. The molecule has 0 aromatic carbocycles. The van der Waals surface area contributed by atoms with Crippen LogP contribution in [0.1, 0.15) is 27.2 Å². The normalized spacial score (nSPS) is 26.2. The standard InChI is InChI=1S/C13H27N3O/c1-10(2)16(5)13(17)8-14-12-6-7-15(4)9-11(12)3/h10-12,14H,6-9H2,1-5H3. The fourth-order valence-corrected chi connectivity index (χ4v) is 2.29. The number of likely N-dealkylation sites (N-methyl/N-ethyl adjacent to an activating group) is 1. The van der Waals surface area contributed by atoms with E-state index in [4.69, 9.17) is 0 Å². The number of nitrogens with one attached hydrogen (secondary N) is 1. The molecular weight excluding hydrogens is 214 g/mol. The summed E-state index contributed by atoms with van der Waals surface area (Å²) in [5.74, 6) is 0.803. The summed E-state index contributed by atoms with van der Waals surface area (Å²) in [5, 5.41) is 3.41. The molecule has 0 radical (unpaired) electrons. The van der Waals surface area contributed by atoms with E-state index in [1.54, 1.807) is 4.90 Å². The van der Waals surface area contributed by atoms with E-state index in [0.717, 1.165) is 19.5 Å². The van der Waals surface area contributed by atoms with Gasteiger partial charge in [0.05, 0.1) is 6.54 Å². The monoisotopic (exact) mass is 241 g/mol. The number of rotatable bonds is 4. The lowest BCUT2D eigenvalue weighted by Gasteiger charge is -2.35. The van der Waals surface area contributed by atoms with Crippen molar-refractivity contribution in [2.45, 2.75) is 39.3 Å². The van der Waals surface area contributed by atoms with Crippen molar-refractivity contribution in [2.75, 3.05) is 33.7 Å². The van der Waals surface area contributed by atoms with Gasteiger partial charge < -0.3 is 15.1 Å². The maximum Gasteiger partial charge on any atom is 0.236 e. The molecule has 1 fully saturated rings. The zero-order chi connectivity index (χ0) is 13.0. The summed E-state index contributed by atoms with van der Waals surface area (Å²) in [5.41, 5.74) is 0. The summed E-state index contributed by atoms with van der Waals surface area (Å²) >= 11 is 0. The molecule has 2 atom stereocenters. The molecule has 4 nitrogen and oxygen atoms in total. The Hall–Kier alpha value is -0.610. The van der Waals surface area contributed by atoms with Crippen LogP contribution in [0.15, 0.2) is 0 Å². The third-order valence-corrected chi connectivity index (χ3v) is 3.79. The lowest BCUT2D eigenvalue weighted by Crippen LogP contribution is -2.50. The smallest absolute Gasteiger partial charge is 0.236 e. The summed E-state index contributed by atoms with van der Waals surface area (Å²) in [6, 6.07) is 0.759. The molecule has 0 bridgehead atoms. The van der Waals surface area contributed by atoms with Crippen LogP contribution in [0.2, 0.25) is 0 Å². The minimum atomic E-state index is 0.186. The number of carbonyl (C=O) groups is 1. The van der Waals surface area contributed by atoms with Crippen molar-refractivity contribution in [3.05, 3.63) is 0 Å². The van der Waals surface area contributed by atoms with Gasteiger partial charge in [-0.1, -0.05) is 6.92 Å². The van der Waals surface area contributed by atoms with Gasteiger partial charge in [0.25, 0.3) is 0 Å². The average Bonchev–Trinajstić information content (AvgIpc) is 2.26. The van der Waals surface area contributed by atoms with E-state index >= 15 is 0 Å². The Labute approximate surface area is 105 Å². The second-order valence-electron chi connectivity index (χ2n) is 5.61. The highest BCUT2D eigenvalue weighted by Gasteiger charge is 2.24. The summed E-state index contributed by atoms with van der Waals surface area (Å²) < 4.78 is 0. The second kappa shape index (κ2) is 6.36. The van der Waals surface area contributed by atoms with E-state index in [-0.39, 0.29) is 11.9 Å². The molecule has 0 saturated carbocycles. The molecule has 1 rings (SSSR count). The summed E-state index contributed by atoms with van der Waals surface area (Å²) in [7, 11) is 4.02. The highest BCUT2D eigenvalue weighted by Crippen LogP contribution is 2.15. The molecule has 1 saturated heterocycles. The highest BCUT2D eigenvalue weighted by atomic mass is 16.2. The van der Waals surface area contributed by atoms with Gasteiger partial charge in [0.2, 0.25) is 5.91 Å². The van der Waals surface area contributed by atoms with E-state index in [1.807, 2.05) is 20.9 Å². The summed E-state index contributed by atoms with van der Waals surface area (Å²) in [6.45, 7) is 9.03. The van der Waals surface area contributed by atoms with Gasteiger partial charge in [-0.25, -0.2) is 0 Å². The molecule has 1 N–H and O–H groups in total. The predicted molar refractivity (Wildman–Crippen MR) is 71.0 cm³/mol. The first-order valence-corrected chi connectivity index (χ1v) is 6.59. The van der Waals surface area contributed by atoms with Crippen LogP contribution in [0, 0.1) is 5.92 Å². The van der Waals surface area contributed by atoms with Gasteiger partial charge in [0.1, 0.15) is 0 Å². The maximum atomic E-state index is 11.9. The van der Waals surface area contributed by atoms with Crippen LogP contribution in [0.3, 0.4) is 0 Å². The molecule has 1 aliphatic rings. The van der Waals surface area contributed by atoms with Crippen LogP contribution in [0.4, 0.5) is 0 Å². The summed E-state index contributed by atoms with van der Waals surface area (Å²) in [4.78, 5) is 16.0. The largest absolute Gasteiger partial charge is 0.342 e. The number of amides is 1. The third kappa shape index (κ3) is 4.28. The van der Waals surface area contributed by atoms with Crippen molar-refractivity contribution in [3.63, 3.8) is 0 Å². The van der Waals surface area contributed by atoms with E-state index in [1.165, 1.54) is 0 Å². The Bertz CT molecular complexity index is 255. The molecule has 1 amide bonds. The first-order valence-electron chi connectivity index (χ1n) is 6.59. The van der Waals surface area contributed by atoms with Crippen LogP contribution in [-0.2, 0) is 4.79 Å². The van der Waals surface area contributed by atoms with Crippen LogP contribution >= 0.6 is 0 Å². The predicted octanol–water partition coefficient (Wildman–Crippen LogP) is 0.783. The molecule has 0 aromatic rings. The molecule has 17 heavy (non-hydrogen) atoms. The third-order valence-electron chi connectivity index (χ3n) is 3.79. The number of nitrogens with zero attached hydrogens (tertiary/aromatic N) is 2. The van der Waals surface area contributed by atoms with E-state index in [9.17, 15) is 4.79 Å². The first kappa shape index (κ1) is 14.5. The first-order chi connectivity index (χ1) is 7.91. The topological polar surface area (TPSA) is 35.6 Å². The van der Waals surface area contributed by atoms with Crippen LogP contribution in [0.5, 0.6) is 0 Å². The lowest BCUT2D eigenvalue weighted by atomic mass is 9.94.